The molecule has 0 bridgehead atoms. The number of rotatable bonds is 6. The maximum Gasteiger partial charge on any atom is 0.240 e. The number of carbonyl (C=O) groups is 1. The van der Waals surface area contributed by atoms with Gasteiger partial charge in [0.15, 0.2) is 0 Å². The number of benzene rings is 1. The summed E-state index contributed by atoms with van der Waals surface area (Å²) in [6.45, 7) is 1.89. The number of hydrogen-bond acceptors (Lipinski definition) is 3. The molecular formula is C13H17BrN2O3S. The Kier molecular flexibility index (Phi) is 4.82. The predicted molar refractivity (Wildman–Crippen MR) is 81.4 cm³/mol. The Hall–Kier alpha value is -0.920. The Bertz CT molecular complexity index is 599. The second-order valence-corrected chi connectivity index (χ2v) is 7.61. The summed E-state index contributed by atoms with van der Waals surface area (Å²) in [5.41, 5.74) is 0.478. The standard InChI is InChI=1S/C13H17BrN2O3S/c1-2-12(14)13(17)15-10-4-3-5-11(8-10)20(18,19)16-9-6-7-9/h3-5,8-9,12,16H,2,6-7H2,1H3,(H,15,17). The van der Waals surface area contributed by atoms with Crippen LogP contribution in [0.1, 0.15) is 26.2 Å². The van der Waals surface area contributed by atoms with E-state index in [1.165, 1.54) is 12.1 Å². The monoisotopic (exact) mass is 360 g/mol. The van der Waals surface area contributed by atoms with Crippen LogP contribution in [-0.2, 0) is 14.8 Å². The molecule has 20 heavy (non-hydrogen) atoms. The van der Waals surface area contributed by atoms with Crippen molar-refractivity contribution in [2.24, 2.45) is 0 Å². The summed E-state index contributed by atoms with van der Waals surface area (Å²) in [6.07, 6.45) is 2.43. The molecule has 1 amide bonds. The number of nitrogens with one attached hydrogen (secondary N) is 2. The Balaban J connectivity index is 2.13. The van der Waals surface area contributed by atoms with Crippen molar-refractivity contribution in [1.82, 2.24) is 4.72 Å². The van der Waals surface area contributed by atoms with E-state index in [1.54, 1.807) is 12.1 Å². The molecule has 0 aliphatic heterocycles. The molecular weight excluding hydrogens is 344 g/mol. The Morgan fingerprint density at radius 2 is 2.15 bits per heavy atom. The van der Waals surface area contributed by atoms with Crippen LogP contribution in [0.25, 0.3) is 0 Å². The highest BCUT2D eigenvalue weighted by Gasteiger charge is 2.28. The van der Waals surface area contributed by atoms with E-state index in [2.05, 4.69) is 26.0 Å². The second kappa shape index (κ2) is 6.24. The van der Waals surface area contributed by atoms with Crippen LogP contribution in [0.4, 0.5) is 5.69 Å². The highest BCUT2D eigenvalue weighted by molar-refractivity contribution is 9.10. The smallest absolute Gasteiger partial charge is 0.240 e. The molecule has 1 atom stereocenters. The van der Waals surface area contributed by atoms with E-state index in [0.717, 1.165) is 12.8 Å². The molecule has 1 aromatic carbocycles. The molecule has 1 fully saturated rings. The molecule has 1 saturated carbocycles. The van der Waals surface area contributed by atoms with Gasteiger partial charge in [0, 0.05) is 11.7 Å². The van der Waals surface area contributed by atoms with E-state index < -0.39 is 10.0 Å². The van der Waals surface area contributed by atoms with E-state index in [9.17, 15) is 13.2 Å². The largest absolute Gasteiger partial charge is 0.325 e. The maximum absolute atomic E-state index is 12.1. The molecule has 0 heterocycles. The van der Waals surface area contributed by atoms with Gasteiger partial charge in [0.25, 0.3) is 0 Å². The maximum atomic E-state index is 12.1. The van der Waals surface area contributed by atoms with Gasteiger partial charge in [0.2, 0.25) is 15.9 Å². The minimum Gasteiger partial charge on any atom is -0.325 e. The van der Waals surface area contributed by atoms with Crippen LogP contribution >= 0.6 is 15.9 Å². The fraction of sp³-hybridized carbons (Fsp3) is 0.462. The molecule has 0 spiro atoms. The van der Waals surface area contributed by atoms with Gasteiger partial charge in [-0.1, -0.05) is 28.9 Å². The number of carbonyl (C=O) groups excluding carboxylic acids is 1. The summed E-state index contributed by atoms with van der Waals surface area (Å²) in [6, 6.07) is 6.34. The molecule has 0 aromatic heterocycles. The van der Waals surface area contributed by atoms with Crippen molar-refractivity contribution >= 4 is 37.5 Å². The number of hydrogen-bond donors (Lipinski definition) is 2. The molecule has 1 unspecified atom stereocenters. The van der Waals surface area contributed by atoms with Gasteiger partial charge in [-0.2, -0.15) is 0 Å². The zero-order valence-corrected chi connectivity index (χ0v) is 13.5. The van der Waals surface area contributed by atoms with Crippen molar-refractivity contribution in [3.8, 4) is 0 Å². The molecule has 5 nitrogen and oxygen atoms in total. The molecule has 1 aromatic rings. The van der Waals surface area contributed by atoms with E-state index in [4.69, 9.17) is 0 Å². The van der Waals surface area contributed by atoms with Crippen molar-refractivity contribution in [1.29, 1.82) is 0 Å². The van der Waals surface area contributed by atoms with Crippen LogP contribution in [0.15, 0.2) is 29.2 Å². The van der Waals surface area contributed by atoms with Gasteiger partial charge in [0.1, 0.15) is 0 Å². The summed E-state index contributed by atoms with van der Waals surface area (Å²) in [4.78, 5) is 11.7. The Morgan fingerprint density at radius 3 is 2.75 bits per heavy atom. The molecule has 0 radical (unpaired) electrons. The number of halogens is 1. The minimum absolute atomic E-state index is 0.0604. The summed E-state index contributed by atoms with van der Waals surface area (Å²) < 4.78 is 26.8. The van der Waals surface area contributed by atoms with Crippen molar-refractivity contribution in [3.63, 3.8) is 0 Å². The normalized spacial score (nSPS) is 16.7. The quantitative estimate of drug-likeness (QED) is 0.763. The number of alkyl halides is 1. The highest BCUT2D eigenvalue weighted by atomic mass is 79.9. The van der Waals surface area contributed by atoms with E-state index in [1.807, 2.05) is 6.92 Å². The topological polar surface area (TPSA) is 75.3 Å². The first-order valence-corrected chi connectivity index (χ1v) is 8.89. The Labute approximate surface area is 127 Å². The van der Waals surface area contributed by atoms with Gasteiger partial charge in [0.05, 0.1) is 9.72 Å². The number of anilines is 1. The van der Waals surface area contributed by atoms with Crippen LogP contribution in [0.2, 0.25) is 0 Å². The highest BCUT2D eigenvalue weighted by Crippen LogP contribution is 2.23. The summed E-state index contributed by atoms with van der Waals surface area (Å²) in [5, 5.41) is 2.70. The Morgan fingerprint density at radius 1 is 1.45 bits per heavy atom. The van der Waals surface area contributed by atoms with Crippen LogP contribution in [0.3, 0.4) is 0 Å². The minimum atomic E-state index is -3.49. The van der Waals surface area contributed by atoms with Gasteiger partial charge in [-0.15, -0.1) is 0 Å². The first-order valence-electron chi connectivity index (χ1n) is 6.49. The van der Waals surface area contributed by atoms with Gasteiger partial charge in [-0.05, 0) is 37.5 Å². The zero-order valence-electron chi connectivity index (χ0n) is 11.1. The van der Waals surface area contributed by atoms with E-state index in [0.29, 0.717) is 12.1 Å². The van der Waals surface area contributed by atoms with Crippen molar-refractivity contribution < 1.29 is 13.2 Å². The lowest BCUT2D eigenvalue weighted by atomic mass is 10.3. The second-order valence-electron chi connectivity index (χ2n) is 4.79. The van der Waals surface area contributed by atoms with Crippen LogP contribution in [0.5, 0.6) is 0 Å². The molecule has 1 aliphatic rings. The molecule has 0 saturated heterocycles. The number of sulfonamides is 1. The fourth-order valence-corrected chi connectivity index (χ4v) is 3.10. The van der Waals surface area contributed by atoms with Gasteiger partial charge < -0.3 is 5.32 Å². The fourth-order valence-electron chi connectivity index (χ4n) is 1.64. The van der Waals surface area contributed by atoms with Crippen molar-refractivity contribution in [2.75, 3.05) is 5.32 Å². The molecule has 110 valence electrons. The lowest BCUT2D eigenvalue weighted by molar-refractivity contribution is -0.115. The molecule has 2 rings (SSSR count). The molecule has 1 aliphatic carbocycles. The molecule has 2 N–H and O–H groups in total. The lowest BCUT2D eigenvalue weighted by Gasteiger charge is -2.10. The zero-order chi connectivity index (χ0) is 14.8. The SMILES string of the molecule is CCC(Br)C(=O)Nc1cccc(S(=O)(=O)NC2CC2)c1. The van der Waals surface area contributed by atoms with Gasteiger partial charge >= 0.3 is 0 Å². The summed E-state index contributed by atoms with van der Waals surface area (Å²) in [5.74, 6) is -0.183. The average molecular weight is 361 g/mol. The van der Waals surface area contributed by atoms with Gasteiger partial charge in [-0.3, -0.25) is 4.79 Å². The third-order valence-corrected chi connectivity index (χ3v) is 5.54. The molecule has 7 heteroatoms. The number of amides is 1. The third-order valence-electron chi connectivity index (χ3n) is 2.95. The van der Waals surface area contributed by atoms with Crippen LogP contribution in [-0.4, -0.2) is 25.2 Å². The van der Waals surface area contributed by atoms with E-state index >= 15 is 0 Å². The summed E-state index contributed by atoms with van der Waals surface area (Å²) in [7, 11) is -3.49. The first kappa shape index (κ1) is 15.5. The average Bonchev–Trinajstić information content (AvgIpc) is 3.21. The van der Waals surface area contributed by atoms with Crippen LogP contribution in [0, 0.1) is 0 Å². The lowest BCUT2D eigenvalue weighted by Crippen LogP contribution is -2.26. The predicted octanol–water partition coefficient (Wildman–Crippen LogP) is 2.24. The van der Waals surface area contributed by atoms with Crippen LogP contribution < -0.4 is 10.0 Å². The van der Waals surface area contributed by atoms with Crippen molar-refractivity contribution in [2.45, 2.75) is 42.0 Å². The summed E-state index contributed by atoms with van der Waals surface area (Å²) >= 11 is 3.26. The van der Waals surface area contributed by atoms with Gasteiger partial charge in [-0.25, -0.2) is 13.1 Å². The van der Waals surface area contributed by atoms with Crippen molar-refractivity contribution in [3.05, 3.63) is 24.3 Å². The first-order chi connectivity index (χ1) is 9.42. The van der Waals surface area contributed by atoms with E-state index in [-0.39, 0.29) is 21.7 Å². The third kappa shape index (κ3) is 4.04.